The quantitative estimate of drug-likeness (QED) is 0.683. The summed E-state index contributed by atoms with van der Waals surface area (Å²) in [5.74, 6) is 0.476. The lowest BCUT2D eigenvalue weighted by Crippen LogP contribution is -2.43. The number of carbonyl (C=O) groups is 1. The van der Waals surface area contributed by atoms with Gasteiger partial charge in [0.15, 0.2) is 0 Å². The fourth-order valence-electron chi connectivity index (χ4n) is 1.81. The largest absolute Gasteiger partial charge is 0.378 e. The Balaban J connectivity index is 3.99. The molecule has 4 heteroatoms. The maximum atomic E-state index is 11.7. The summed E-state index contributed by atoms with van der Waals surface area (Å²) >= 11 is 0. The number of ether oxygens (including phenoxy) is 1. The molecular formula is C13H28N2O2. The van der Waals surface area contributed by atoms with Gasteiger partial charge in [0, 0.05) is 19.7 Å². The number of hydrogen-bond acceptors (Lipinski definition) is 3. The highest BCUT2D eigenvalue weighted by molar-refractivity contribution is 5.76. The molecule has 1 unspecified atom stereocenters. The van der Waals surface area contributed by atoms with Gasteiger partial charge in [-0.25, -0.2) is 0 Å². The second-order valence-electron chi connectivity index (χ2n) is 5.19. The molecule has 17 heavy (non-hydrogen) atoms. The highest BCUT2D eigenvalue weighted by atomic mass is 16.5. The van der Waals surface area contributed by atoms with E-state index in [-0.39, 0.29) is 11.9 Å². The first-order valence-electron chi connectivity index (χ1n) is 6.43. The van der Waals surface area contributed by atoms with Crippen molar-refractivity contribution in [2.45, 2.75) is 58.6 Å². The van der Waals surface area contributed by atoms with Gasteiger partial charge >= 0.3 is 0 Å². The minimum atomic E-state index is -0.414. The first-order chi connectivity index (χ1) is 7.86. The summed E-state index contributed by atoms with van der Waals surface area (Å²) in [5, 5.41) is 2.88. The predicted molar refractivity (Wildman–Crippen MR) is 70.8 cm³/mol. The molecule has 102 valence electrons. The number of rotatable bonds is 8. The van der Waals surface area contributed by atoms with Gasteiger partial charge in [-0.05, 0) is 19.8 Å². The molecule has 0 radical (unpaired) electrons. The fraction of sp³-hybridized carbons (Fsp3) is 0.923. The van der Waals surface area contributed by atoms with E-state index in [1.54, 1.807) is 7.11 Å². The molecule has 0 aliphatic carbocycles. The van der Waals surface area contributed by atoms with E-state index < -0.39 is 5.60 Å². The van der Waals surface area contributed by atoms with E-state index in [1.807, 2.05) is 13.8 Å². The normalized spacial score (nSPS) is 13.8. The van der Waals surface area contributed by atoms with Crippen LogP contribution >= 0.6 is 0 Å². The highest BCUT2D eigenvalue weighted by Crippen LogP contribution is 2.13. The fourth-order valence-corrected chi connectivity index (χ4v) is 1.81. The van der Waals surface area contributed by atoms with Crippen LogP contribution in [0.3, 0.4) is 0 Å². The number of carbonyl (C=O) groups excluding carboxylic acids is 1. The van der Waals surface area contributed by atoms with E-state index in [1.165, 1.54) is 0 Å². The van der Waals surface area contributed by atoms with Crippen molar-refractivity contribution in [3.8, 4) is 0 Å². The van der Waals surface area contributed by atoms with Gasteiger partial charge in [-0.3, -0.25) is 4.79 Å². The minimum Gasteiger partial charge on any atom is -0.378 e. The molecule has 0 heterocycles. The van der Waals surface area contributed by atoms with Crippen molar-refractivity contribution < 1.29 is 9.53 Å². The number of hydrogen-bond donors (Lipinski definition) is 2. The summed E-state index contributed by atoms with van der Waals surface area (Å²) < 4.78 is 5.21. The third-order valence-corrected chi connectivity index (χ3v) is 3.33. The summed E-state index contributed by atoms with van der Waals surface area (Å²) in [6.07, 6.45) is 2.47. The van der Waals surface area contributed by atoms with Crippen LogP contribution in [0.4, 0.5) is 0 Å². The molecule has 3 N–H and O–H groups in total. The van der Waals surface area contributed by atoms with E-state index >= 15 is 0 Å². The summed E-state index contributed by atoms with van der Waals surface area (Å²) in [6.45, 7) is 8.60. The topological polar surface area (TPSA) is 64.3 Å². The molecule has 0 aliphatic heterocycles. The van der Waals surface area contributed by atoms with Gasteiger partial charge in [0.25, 0.3) is 0 Å². The molecule has 0 saturated carbocycles. The number of nitrogens with one attached hydrogen (secondary N) is 1. The van der Waals surface area contributed by atoms with Crippen molar-refractivity contribution in [3.05, 3.63) is 0 Å². The summed E-state index contributed by atoms with van der Waals surface area (Å²) in [4.78, 5) is 11.7. The van der Waals surface area contributed by atoms with Gasteiger partial charge in [0.2, 0.25) is 5.91 Å². The minimum absolute atomic E-state index is 0.00161. The van der Waals surface area contributed by atoms with Crippen LogP contribution in [-0.2, 0) is 9.53 Å². The first-order valence-corrected chi connectivity index (χ1v) is 6.43. The molecule has 0 fully saturated rings. The predicted octanol–water partition coefficient (Wildman–Crippen LogP) is 1.68. The van der Waals surface area contributed by atoms with Crippen molar-refractivity contribution in [1.29, 1.82) is 0 Å². The van der Waals surface area contributed by atoms with Crippen molar-refractivity contribution in [2.24, 2.45) is 11.7 Å². The lowest BCUT2D eigenvalue weighted by Gasteiger charge is -2.24. The Morgan fingerprint density at radius 3 is 2.29 bits per heavy atom. The molecule has 0 saturated heterocycles. The van der Waals surface area contributed by atoms with Crippen molar-refractivity contribution in [3.63, 3.8) is 0 Å². The molecule has 1 amide bonds. The molecular weight excluding hydrogens is 216 g/mol. The number of methoxy groups -OCH3 is 1. The Labute approximate surface area is 105 Å². The van der Waals surface area contributed by atoms with E-state index in [2.05, 4.69) is 19.2 Å². The van der Waals surface area contributed by atoms with Gasteiger partial charge in [-0.1, -0.05) is 26.7 Å². The summed E-state index contributed by atoms with van der Waals surface area (Å²) in [6, 6.07) is 0.0413. The second kappa shape index (κ2) is 7.67. The van der Waals surface area contributed by atoms with Crippen LogP contribution in [0.5, 0.6) is 0 Å². The van der Waals surface area contributed by atoms with Crippen LogP contribution in [0.15, 0.2) is 0 Å². The lowest BCUT2D eigenvalue weighted by atomic mass is 9.95. The van der Waals surface area contributed by atoms with Crippen molar-refractivity contribution >= 4 is 5.91 Å². The molecule has 0 rings (SSSR count). The van der Waals surface area contributed by atoms with Crippen LogP contribution in [0.2, 0.25) is 0 Å². The van der Waals surface area contributed by atoms with Gasteiger partial charge in [-0.2, -0.15) is 0 Å². The Morgan fingerprint density at radius 1 is 1.35 bits per heavy atom. The zero-order valence-corrected chi connectivity index (χ0v) is 11.9. The van der Waals surface area contributed by atoms with Crippen LogP contribution < -0.4 is 11.1 Å². The van der Waals surface area contributed by atoms with Gasteiger partial charge in [0.1, 0.15) is 0 Å². The highest BCUT2D eigenvalue weighted by Gasteiger charge is 2.22. The van der Waals surface area contributed by atoms with Crippen LogP contribution in [0.25, 0.3) is 0 Å². The Bertz CT molecular complexity index is 225. The zero-order chi connectivity index (χ0) is 13.5. The Hall–Kier alpha value is -0.610. The second-order valence-corrected chi connectivity index (χ2v) is 5.19. The van der Waals surface area contributed by atoms with Crippen molar-refractivity contribution in [1.82, 2.24) is 5.32 Å². The number of amides is 1. The zero-order valence-electron chi connectivity index (χ0n) is 11.9. The third kappa shape index (κ3) is 6.64. The molecule has 0 aromatic rings. The standard InChI is InChI=1S/C13H28N2O2/c1-6-10(7-2)11(14)9-15-12(16)8-13(3,4)17-5/h10-11H,6-9,14H2,1-5H3,(H,15,16). The molecule has 0 bridgehead atoms. The smallest absolute Gasteiger partial charge is 0.222 e. The van der Waals surface area contributed by atoms with Crippen LogP contribution in [-0.4, -0.2) is 31.2 Å². The average molecular weight is 244 g/mol. The van der Waals surface area contributed by atoms with Gasteiger partial charge in [-0.15, -0.1) is 0 Å². The average Bonchev–Trinajstić information content (AvgIpc) is 2.27. The molecule has 0 aromatic carbocycles. The van der Waals surface area contributed by atoms with Gasteiger partial charge in [0.05, 0.1) is 12.0 Å². The summed E-state index contributed by atoms with van der Waals surface area (Å²) in [5.41, 5.74) is 5.62. The van der Waals surface area contributed by atoms with E-state index in [4.69, 9.17) is 10.5 Å². The maximum absolute atomic E-state index is 11.7. The van der Waals surface area contributed by atoms with Crippen molar-refractivity contribution in [2.75, 3.05) is 13.7 Å². The lowest BCUT2D eigenvalue weighted by molar-refractivity contribution is -0.126. The SMILES string of the molecule is CCC(CC)C(N)CNC(=O)CC(C)(C)OC. The van der Waals surface area contributed by atoms with Crippen LogP contribution in [0, 0.1) is 5.92 Å². The molecule has 4 nitrogen and oxygen atoms in total. The number of nitrogens with two attached hydrogens (primary N) is 1. The molecule has 0 aliphatic rings. The summed E-state index contributed by atoms with van der Waals surface area (Å²) in [7, 11) is 1.61. The first kappa shape index (κ1) is 16.4. The van der Waals surface area contributed by atoms with Crippen LogP contribution in [0.1, 0.15) is 47.0 Å². The van der Waals surface area contributed by atoms with E-state index in [0.717, 1.165) is 12.8 Å². The Kier molecular flexibility index (Phi) is 7.39. The third-order valence-electron chi connectivity index (χ3n) is 3.33. The maximum Gasteiger partial charge on any atom is 0.222 e. The molecule has 0 spiro atoms. The molecule has 1 atom stereocenters. The van der Waals surface area contributed by atoms with Gasteiger partial charge < -0.3 is 15.8 Å². The van der Waals surface area contributed by atoms with E-state index in [0.29, 0.717) is 18.9 Å². The van der Waals surface area contributed by atoms with E-state index in [9.17, 15) is 4.79 Å². The Morgan fingerprint density at radius 2 is 1.88 bits per heavy atom. The molecule has 0 aromatic heterocycles. The monoisotopic (exact) mass is 244 g/mol.